The van der Waals surface area contributed by atoms with Crippen molar-refractivity contribution in [3.05, 3.63) is 29.8 Å². The lowest BCUT2D eigenvalue weighted by atomic mass is 10.1. The molecule has 1 aromatic rings. The molecule has 2 N–H and O–H groups in total. The predicted octanol–water partition coefficient (Wildman–Crippen LogP) is 1.31. The number of pyridine rings is 1. The second-order valence-electron chi connectivity index (χ2n) is 4.68. The highest BCUT2D eigenvalue weighted by atomic mass is 19.1. The van der Waals surface area contributed by atoms with Crippen molar-refractivity contribution < 1.29 is 9.13 Å². The van der Waals surface area contributed by atoms with Gasteiger partial charge in [-0.15, -0.1) is 0 Å². The highest BCUT2D eigenvalue weighted by Crippen LogP contribution is 2.04. The van der Waals surface area contributed by atoms with Crippen LogP contribution in [-0.4, -0.2) is 37.2 Å². The third-order valence-electron chi connectivity index (χ3n) is 2.72. The lowest BCUT2D eigenvalue weighted by molar-refractivity contribution is 0.0268. The van der Waals surface area contributed by atoms with Crippen LogP contribution in [0.25, 0.3) is 0 Å². The Labute approximate surface area is 113 Å². The van der Waals surface area contributed by atoms with Crippen molar-refractivity contribution in [1.82, 2.24) is 15.6 Å². The third kappa shape index (κ3) is 5.21. The van der Waals surface area contributed by atoms with Crippen LogP contribution in [0.3, 0.4) is 0 Å². The van der Waals surface area contributed by atoms with E-state index in [0.717, 1.165) is 0 Å². The predicted molar refractivity (Wildman–Crippen MR) is 73.5 cm³/mol. The summed E-state index contributed by atoms with van der Waals surface area (Å²) >= 11 is 0. The molecule has 106 valence electrons. The molecule has 6 heteroatoms. The normalized spacial score (nSPS) is 12.4. The fourth-order valence-corrected chi connectivity index (χ4v) is 1.31. The highest BCUT2D eigenvalue weighted by Gasteiger charge is 2.16. The van der Waals surface area contributed by atoms with Crippen LogP contribution in [-0.2, 0) is 11.3 Å². The van der Waals surface area contributed by atoms with E-state index < -0.39 is 0 Å². The van der Waals surface area contributed by atoms with E-state index in [-0.39, 0.29) is 18.0 Å². The van der Waals surface area contributed by atoms with Gasteiger partial charge in [0.2, 0.25) is 0 Å². The summed E-state index contributed by atoms with van der Waals surface area (Å²) in [5, 5.41) is 6.12. The van der Waals surface area contributed by atoms with Gasteiger partial charge in [0.1, 0.15) is 5.82 Å². The van der Waals surface area contributed by atoms with Crippen molar-refractivity contribution in [1.29, 1.82) is 0 Å². The Morgan fingerprint density at radius 1 is 1.47 bits per heavy atom. The molecule has 0 radical (unpaired) electrons. The molecule has 0 aromatic carbocycles. The topological polar surface area (TPSA) is 58.5 Å². The number of rotatable bonds is 5. The van der Waals surface area contributed by atoms with Gasteiger partial charge in [0.05, 0.1) is 17.8 Å². The lowest BCUT2D eigenvalue weighted by Gasteiger charge is -2.24. The second kappa shape index (κ2) is 7.04. The van der Waals surface area contributed by atoms with Gasteiger partial charge in [0, 0.05) is 26.9 Å². The minimum Gasteiger partial charge on any atom is -0.377 e. The van der Waals surface area contributed by atoms with Gasteiger partial charge in [-0.2, -0.15) is 0 Å². The van der Waals surface area contributed by atoms with Crippen LogP contribution in [0.15, 0.2) is 23.3 Å². The summed E-state index contributed by atoms with van der Waals surface area (Å²) in [6.07, 6.45) is 1.56. The summed E-state index contributed by atoms with van der Waals surface area (Å²) in [5.41, 5.74) is 0.0601. The summed E-state index contributed by atoms with van der Waals surface area (Å²) in [6, 6.07) is 2.95. The van der Waals surface area contributed by atoms with E-state index in [9.17, 15) is 4.39 Å². The molecule has 5 nitrogen and oxygen atoms in total. The zero-order valence-corrected chi connectivity index (χ0v) is 11.8. The molecule has 0 spiro atoms. The van der Waals surface area contributed by atoms with Crippen LogP contribution < -0.4 is 10.6 Å². The second-order valence-corrected chi connectivity index (χ2v) is 4.68. The van der Waals surface area contributed by atoms with E-state index in [2.05, 4.69) is 20.6 Å². The number of hydrogen-bond donors (Lipinski definition) is 2. The SMILES string of the molecule is CN=C(NCc1ncccc1F)NCC(C)(C)OC. The van der Waals surface area contributed by atoms with Gasteiger partial charge in [-0.1, -0.05) is 0 Å². The van der Waals surface area contributed by atoms with Gasteiger partial charge in [-0.3, -0.25) is 9.98 Å². The molecule has 1 aromatic heterocycles. The summed E-state index contributed by atoms with van der Waals surface area (Å²) < 4.78 is 18.7. The van der Waals surface area contributed by atoms with Gasteiger partial charge in [-0.05, 0) is 26.0 Å². The first-order valence-corrected chi connectivity index (χ1v) is 6.07. The Morgan fingerprint density at radius 3 is 2.79 bits per heavy atom. The van der Waals surface area contributed by atoms with E-state index in [1.54, 1.807) is 26.4 Å². The minimum atomic E-state index is -0.331. The lowest BCUT2D eigenvalue weighted by Crippen LogP contribution is -2.45. The van der Waals surface area contributed by atoms with Crippen molar-refractivity contribution in [2.75, 3.05) is 20.7 Å². The molecule has 0 aliphatic carbocycles. The molecule has 0 saturated heterocycles. The molecule has 0 aliphatic rings. The zero-order valence-electron chi connectivity index (χ0n) is 11.8. The zero-order chi connectivity index (χ0) is 14.3. The Balaban J connectivity index is 2.49. The highest BCUT2D eigenvalue weighted by molar-refractivity contribution is 5.79. The maximum atomic E-state index is 13.4. The van der Waals surface area contributed by atoms with E-state index in [4.69, 9.17) is 4.74 Å². The largest absolute Gasteiger partial charge is 0.377 e. The van der Waals surface area contributed by atoms with Crippen LogP contribution in [0.1, 0.15) is 19.5 Å². The van der Waals surface area contributed by atoms with Crippen LogP contribution in [0, 0.1) is 5.82 Å². The molecular formula is C13H21FN4O. The molecule has 0 unspecified atom stereocenters. The Morgan fingerprint density at radius 2 is 2.21 bits per heavy atom. The maximum absolute atomic E-state index is 13.4. The number of nitrogens with zero attached hydrogens (tertiary/aromatic N) is 2. The van der Waals surface area contributed by atoms with Gasteiger partial charge in [0.15, 0.2) is 5.96 Å². The molecule has 1 heterocycles. The fraction of sp³-hybridized carbons (Fsp3) is 0.538. The number of nitrogens with one attached hydrogen (secondary N) is 2. The summed E-state index contributed by atoms with van der Waals surface area (Å²) in [7, 11) is 3.31. The number of halogens is 1. The van der Waals surface area contributed by atoms with Crippen LogP contribution in [0.2, 0.25) is 0 Å². The summed E-state index contributed by atoms with van der Waals surface area (Å²) in [6.45, 7) is 4.80. The average Bonchev–Trinajstić information content (AvgIpc) is 2.41. The molecule has 19 heavy (non-hydrogen) atoms. The van der Waals surface area contributed by atoms with Crippen molar-refractivity contribution in [2.24, 2.45) is 4.99 Å². The number of hydrogen-bond acceptors (Lipinski definition) is 3. The molecule has 0 aliphatic heterocycles. The maximum Gasteiger partial charge on any atom is 0.191 e. The minimum absolute atomic E-state index is 0.278. The van der Waals surface area contributed by atoms with E-state index >= 15 is 0 Å². The first kappa shape index (κ1) is 15.4. The molecular weight excluding hydrogens is 247 g/mol. The van der Waals surface area contributed by atoms with E-state index in [1.165, 1.54) is 6.07 Å². The van der Waals surface area contributed by atoms with Crippen LogP contribution in [0.5, 0.6) is 0 Å². The molecule has 0 atom stereocenters. The molecule has 1 rings (SSSR count). The first-order chi connectivity index (χ1) is 8.98. The summed E-state index contributed by atoms with van der Waals surface area (Å²) in [4.78, 5) is 8.02. The Kier molecular flexibility index (Phi) is 5.69. The molecule has 0 fully saturated rings. The Hall–Kier alpha value is -1.69. The number of guanidine groups is 1. The number of methoxy groups -OCH3 is 1. The van der Waals surface area contributed by atoms with Crippen molar-refractivity contribution >= 4 is 5.96 Å². The first-order valence-electron chi connectivity index (χ1n) is 6.07. The van der Waals surface area contributed by atoms with Gasteiger partial charge in [-0.25, -0.2) is 4.39 Å². The van der Waals surface area contributed by atoms with Crippen molar-refractivity contribution in [2.45, 2.75) is 26.0 Å². The van der Waals surface area contributed by atoms with Crippen molar-refractivity contribution in [3.63, 3.8) is 0 Å². The smallest absolute Gasteiger partial charge is 0.191 e. The molecule has 0 bridgehead atoms. The van der Waals surface area contributed by atoms with Crippen molar-refractivity contribution in [3.8, 4) is 0 Å². The third-order valence-corrected chi connectivity index (χ3v) is 2.72. The van der Waals surface area contributed by atoms with Gasteiger partial charge < -0.3 is 15.4 Å². The van der Waals surface area contributed by atoms with E-state index in [1.807, 2.05) is 13.8 Å². The molecule has 0 amide bonds. The number of aliphatic imine (C=N–C) groups is 1. The number of aromatic nitrogens is 1. The van der Waals surface area contributed by atoms with Gasteiger partial charge >= 0.3 is 0 Å². The quantitative estimate of drug-likeness (QED) is 0.624. The van der Waals surface area contributed by atoms with E-state index in [0.29, 0.717) is 18.2 Å². The summed E-state index contributed by atoms with van der Waals surface area (Å²) in [5.74, 6) is 0.248. The van der Waals surface area contributed by atoms with Crippen LogP contribution >= 0.6 is 0 Å². The van der Waals surface area contributed by atoms with Gasteiger partial charge in [0.25, 0.3) is 0 Å². The monoisotopic (exact) mass is 268 g/mol. The standard InChI is InChI=1S/C13H21FN4O/c1-13(2,19-4)9-18-12(15-3)17-8-11-10(14)6-5-7-16-11/h5-7H,8-9H2,1-4H3,(H2,15,17,18). The van der Waals surface area contributed by atoms with Crippen LogP contribution in [0.4, 0.5) is 4.39 Å². The average molecular weight is 268 g/mol. The fourth-order valence-electron chi connectivity index (χ4n) is 1.31. The Bertz CT molecular complexity index is 434. The molecule has 0 saturated carbocycles. The number of ether oxygens (including phenoxy) is 1.